The highest BCUT2D eigenvalue weighted by molar-refractivity contribution is 6.35. The molecule has 1 aliphatic rings. The molecule has 0 radical (unpaired) electrons. The van der Waals surface area contributed by atoms with E-state index < -0.39 is 23.8 Å². The van der Waals surface area contributed by atoms with E-state index in [1.807, 2.05) is 0 Å². The van der Waals surface area contributed by atoms with Gasteiger partial charge in [0.2, 0.25) is 5.91 Å². The van der Waals surface area contributed by atoms with Gasteiger partial charge in [0.15, 0.2) is 0 Å². The Morgan fingerprint density at radius 2 is 2.06 bits per heavy atom. The smallest absolute Gasteiger partial charge is 0.312 e. The minimum absolute atomic E-state index is 0.236. The normalized spacial score (nSPS) is 19.6. The lowest BCUT2D eigenvalue weighted by Gasteiger charge is -2.21. The van der Waals surface area contributed by atoms with Gasteiger partial charge in [-0.1, -0.05) is 0 Å². The molecule has 1 saturated heterocycles. The van der Waals surface area contributed by atoms with Gasteiger partial charge in [0.1, 0.15) is 6.04 Å². The van der Waals surface area contributed by atoms with E-state index in [1.54, 1.807) is 0 Å². The van der Waals surface area contributed by atoms with E-state index in [1.165, 1.54) is 4.90 Å². The molecule has 1 atom stereocenters. The molecule has 7 heteroatoms. The Morgan fingerprint density at radius 1 is 1.38 bits per heavy atom. The average molecular weight is 228 g/mol. The molecule has 1 fully saturated rings. The molecule has 0 aromatic heterocycles. The first-order valence-electron chi connectivity index (χ1n) is 5.16. The summed E-state index contributed by atoms with van der Waals surface area (Å²) in [6.07, 6.45) is 1.20. The number of likely N-dealkylation sites (tertiary alicyclic amines) is 1. The van der Waals surface area contributed by atoms with Crippen LogP contribution in [0.5, 0.6) is 0 Å². The monoisotopic (exact) mass is 228 g/mol. The van der Waals surface area contributed by atoms with Crippen molar-refractivity contribution in [2.24, 2.45) is 11.5 Å². The summed E-state index contributed by atoms with van der Waals surface area (Å²) in [7, 11) is 0. The molecule has 16 heavy (non-hydrogen) atoms. The molecule has 1 heterocycles. The highest BCUT2D eigenvalue weighted by atomic mass is 16.2. The zero-order valence-corrected chi connectivity index (χ0v) is 8.94. The Balaban J connectivity index is 2.59. The van der Waals surface area contributed by atoms with Gasteiger partial charge < -0.3 is 21.7 Å². The molecule has 0 saturated carbocycles. The Labute approximate surface area is 93.1 Å². The number of carbonyl (C=O) groups excluding carboxylic acids is 3. The number of nitrogens with two attached hydrogens (primary N) is 2. The van der Waals surface area contributed by atoms with E-state index in [9.17, 15) is 14.4 Å². The van der Waals surface area contributed by atoms with Crippen LogP contribution in [0.2, 0.25) is 0 Å². The lowest BCUT2D eigenvalue weighted by molar-refractivity contribution is -0.147. The minimum Gasteiger partial charge on any atom is -0.368 e. The van der Waals surface area contributed by atoms with Crippen molar-refractivity contribution < 1.29 is 14.4 Å². The molecular formula is C9H16N4O3. The topological polar surface area (TPSA) is 119 Å². The molecule has 1 rings (SSSR count). The van der Waals surface area contributed by atoms with Crippen molar-refractivity contribution in [1.29, 1.82) is 0 Å². The largest absolute Gasteiger partial charge is 0.368 e. The molecule has 3 amide bonds. The maximum absolute atomic E-state index is 11.6. The molecule has 1 aliphatic heterocycles. The number of primary amides is 1. The second-order valence-electron chi connectivity index (χ2n) is 3.60. The summed E-state index contributed by atoms with van der Waals surface area (Å²) < 4.78 is 0. The van der Waals surface area contributed by atoms with Crippen molar-refractivity contribution >= 4 is 17.7 Å². The first-order valence-corrected chi connectivity index (χ1v) is 5.16. The quantitative estimate of drug-likeness (QED) is 0.464. The fourth-order valence-electron chi connectivity index (χ4n) is 1.70. The third kappa shape index (κ3) is 2.69. The van der Waals surface area contributed by atoms with E-state index in [2.05, 4.69) is 5.32 Å². The van der Waals surface area contributed by atoms with Gasteiger partial charge in [-0.25, -0.2) is 0 Å². The third-order valence-electron chi connectivity index (χ3n) is 2.47. The highest BCUT2D eigenvalue weighted by Crippen LogP contribution is 2.16. The summed E-state index contributed by atoms with van der Waals surface area (Å²) in [6.45, 7) is 0.889. The van der Waals surface area contributed by atoms with Crippen LogP contribution in [0.4, 0.5) is 0 Å². The maximum atomic E-state index is 11.6. The molecule has 0 spiro atoms. The number of rotatable bonds is 3. The lowest BCUT2D eigenvalue weighted by Crippen LogP contribution is -2.50. The lowest BCUT2D eigenvalue weighted by atomic mass is 10.2. The van der Waals surface area contributed by atoms with Gasteiger partial charge >= 0.3 is 11.8 Å². The van der Waals surface area contributed by atoms with Crippen molar-refractivity contribution in [2.75, 3.05) is 19.6 Å². The van der Waals surface area contributed by atoms with Crippen molar-refractivity contribution in [2.45, 2.75) is 18.9 Å². The summed E-state index contributed by atoms with van der Waals surface area (Å²) in [5.41, 5.74) is 10.3. The number of nitrogens with zero attached hydrogens (tertiary/aromatic N) is 1. The second kappa shape index (κ2) is 5.45. The molecule has 0 aliphatic carbocycles. The SMILES string of the molecule is NCCNC(=O)C(=O)N1CCCC1C(N)=O. The molecular weight excluding hydrogens is 212 g/mol. The number of hydrogen-bond acceptors (Lipinski definition) is 4. The Morgan fingerprint density at radius 3 is 2.62 bits per heavy atom. The van der Waals surface area contributed by atoms with Crippen LogP contribution >= 0.6 is 0 Å². The molecule has 0 bridgehead atoms. The fourth-order valence-corrected chi connectivity index (χ4v) is 1.70. The maximum Gasteiger partial charge on any atom is 0.312 e. The van der Waals surface area contributed by atoms with Gasteiger partial charge in [-0.15, -0.1) is 0 Å². The van der Waals surface area contributed by atoms with Gasteiger partial charge in [-0.05, 0) is 12.8 Å². The Kier molecular flexibility index (Phi) is 4.24. The van der Waals surface area contributed by atoms with Crippen molar-refractivity contribution in [1.82, 2.24) is 10.2 Å². The number of nitrogens with one attached hydrogen (secondary N) is 1. The van der Waals surface area contributed by atoms with Crippen LogP contribution in [-0.2, 0) is 14.4 Å². The third-order valence-corrected chi connectivity index (χ3v) is 2.47. The summed E-state index contributed by atoms with van der Waals surface area (Å²) in [6, 6.07) is -0.656. The number of amides is 3. The number of hydrogen-bond donors (Lipinski definition) is 3. The van der Waals surface area contributed by atoms with Crippen LogP contribution < -0.4 is 16.8 Å². The molecule has 1 unspecified atom stereocenters. The zero-order valence-electron chi connectivity index (χ0n) is 8.94. The average Bonchev–Trinajstić information content (AvgIpc) is 2.73. The van der Waals surface area contributed by atoms with E-state index in [0.717, 1.165) is 0 Å². The zero-order chi connectivity index (χ0) is 12.1. The van der Waals surface area contributed by atoms with Crippen LogP contribution in [-0.4, -0.2) is 48.3 Å². The van der Waals surface area contributed by atoms with Gasteiger partial charge in [-0.3, -0.25) is 14.4 Å². The van der Waals surface area contributed by atoms with Gasteiger partial charge in [0.05, 0.1) is 0 Å². The van der Waals surface area contributed by atoms with Crippen LogP contribution in [0.3, 0.4) is 0 Å². The van der Waals surface area contributed by atoms with Crippen LogP contribution in [0.15, 0.2) is 0 Å². The summed E-state index contributed by atoms with van der Waals surface area (Å²) in [5.74, 6) is -2.02. The standard InChI is InChI=1S/C9H16N4O3/c10-3-4-12-8(15)9(16)13-5-1-2-6(13)7(11)14/h6H,1-5,10H2,(H2,11,14)(H,12,15). The molecule has 0 aromatic rings. The van der Waals surface area contributed by atoms with Crippen LogP contribution in [0, 0.1) is 0 Å². The van der Waals surface area contributed by atoms with Crippen molar-refractivity contribution in [3.63, 3.8) is 0 Å². The van der Waals surface area contributed by atoms with Crippen LogP contribution in [0.1, 0.15) is 12.8 Å². The van der Waals surface area contributed by atoms with Gasteiger partial charge in [-0.2, -0.15) is 0 Å². The Hall–Kier alpha value is -1.63. The number of carbonyl (C=O) groups is 3. The molecule has 5 N–H and O–H groups in total. The second-order valence-corrected chi connectivity index (χ2v) is 3.60. The van der Waals surface area contributed by atoms with Crippen LogP contribution in [0.25, 0.3) is 0 Å². The van der Waals surface area contributed by atoms with Gasteiger partial charge in [0, 0.05) is 19.6 Å². The predicted molar refractivity (Wildman–Crippen MR) is 56.0 cm³/mol. The fraction of sp³-hybridized carbons (Fsp3) is 0.667. The summed E-state index contributed by atoms with van der Waals surface area (Å²) >= 11 is 0. The Bertz CT molecular complexity index is 305. The first-order chi connectivity index (χ1) is 7.57. The molecule has 7 nitrogen and oxygen atoms in total. The van der Waals surface area contributed by atoms with Crippen molar-refractivity contribution in [3.05, 3.63) is 0 Å². The van der Waals surface area contributed by atoms with E-state index in [4.69, 9.17) is 11.5 Å². The van der Waals surface area contributed by atoms with Crippen molar-refractivity contribution in [3.8, 4) is 0 Å². The highest BCUT2D eigenvalue weighted by Gasteiger charge is 2.35. The van der Waals surface area contributed by atoms with E-state index in [0.29, 0.717) is 19.4 Å². The van der Waals surface area contributed by atoms with E-state index >= 15 is 0 Å². The minimum atomic E-state index is -0.737. The summed E-state index contributed by atoms with van der Waals surface area (Å²) in [5, 5.41) is 2.36. The van der Waals surface area contributed by atoms with Gasteiger partial charge in [0.25, 0.3) is 0 Å². The summed E-state index contributed by atoms with van der Waals surface area (Å²) in [4.78, 5) is 35.2. The first kappa shape index (κ1) is 12.4. The molecule has 90 valence electrons. The van der Waals surface area contributed by atoms with E-state index in [-0.39, 0.29) is 13.1 Å². The predicted octanol–water partition coefficient (Wildman–Crippen LogP) is -2.46. The molecule has 0 aromatic carbocycles.